The van der Waals surface area contributed by atoms with Crippen molar-refractivity contribution < 1.29 is 0 Å². The minimum atomic E-state index is 0.244. The van der Waals surface area contributed by atoms with Crippen LogP contribution in [0.2, 0.25) is 0 Å². The molecule has 0 aliphatic rings. The van der Waals surface area contributed by atoms with Crippen molar-refractivity contribution in [1.82, 2.24) is 14.5 Å². The van der Waals surface area contributed by atoms with E-state index in [1.54, 1.807) is 11.3 Å². The molecule has 3 aromatic rings. The van der Waals surface area contributed by atoms with E-state index in [4.69, 9.17) is 5.73 Å². The topological polar surface area (TPSA) is 60.0 Å². The Morgan fingerprint density at radius 1 is 1.36 bits per heavy atom. The van der Waals surface area contributed by atoms with Crippen molar-refractivity contribution in [2.24, 2.45) is 0 Å². The molecule has 5 nitrogen and oxygen atoms in total. The van der Waals surface area contributed by atoms with Crippen LogP contribution in [0.4, 0.5) is 10.8 Å². The molecule has 1 atom stereocenters. The first-order valence-electron chi connectivity index (χ1n) is 7.45. The molecule has 0 saturated carbocycles. The Morgan fingerprint density at radius 2 is 2.18 bits per heavy atom. The number of nitrogens with two attached hydrogens (primary N) is 1. The highest BCUT2D eigenvalue weighted by Crippen LogP contribution is 2.40. The third-order valence-electron chi connectivity index (χ3n) is 3.85. The Bertz CT molecular complexity index is 760. The van der Waals surface area contributed by atoms with E-state index >= 15 is 0 Å². The van der Waals surface area contributed by atoms with E-state index in [0.717, 1.165) is 18.4 Å². The summed E-state index contributed by atoms with van der Waals surface area (Å²) in [6.45, 7) is 2.21. The molecule has 0 aliphatic carbocycles. The van der Waals surface area contributed by atoms with Crippen molar-refractivity contribution in [3.05, 3.63) is 36.4 Å². The van der Waals surface area contributed by atoms with Gasteiger partial charge < -0.3 is 15.2 Å². The van der Waals surface area contributed by atoms with E-state index in [1.807, 2.05) is 18.7 Å². The average molecular weight is 315 g/mol. The second-order valence-electron chi connectivity index (χ2n) is 5.61. The lowest BCUT2D eigenvalue weighted by Gasteiger charge is -2.25. The normalized spacial score (nSPS) is 12.7. The first kappa shape index (κ1) is 14.8. The second-order valence-corrected chi connectivity index (χ2v) is 6.64. The Hall–Kier alpha value is -2.08. The molecular weight excluding hydrogens is 294 g/mol. The smallest absolute Gasteiger partial charge is 0.181 e. The van der Waals surface area contributed by atoms with Crippen LogP contribution in [-0.2, 0) is 0 Å². The SMILES string of the molecule is CCCC(c1c(N(C)C)ccc2nc(N)sc12)n1ccnc1. The quantitative estimate of drug-likeness (QED) is 0.782. The van der Waals surface area contributed by atoms with Crippen LogP contribution in [-0.4, -0.2) is 28.6 Å². The Kier molecular flexibility index (Phi) is 4.02. The van der Waals surface area contributed by atoms with Gasteiger partial charge in [-0.2, -0.15) is 0 Å². The number of anilines is 2. The summed E-state index contributed by atoms with van der Waals surface area (Å²) in [5.74, 6) is 0. The number of nitrogens with zero attached hydrogens (tertiary/aromatic N) is 4. The maximum absolute atomic E-state index is 5.95. The molecule has 1 aromatic carbocycles. The number of hydrogen-bond acceptors (Lipinski definition) is 5. The van der Waals surface area contributed by atoms with Crippen molar-refractivity contribution in [3.8, 4) is 0 Å². The van der Waals surface area contributed by atoms with Gasteiger partial charge in [0.15, 0.2) is 5.13 Å². The molecule has 116 valence electrons. The van der Waals surface area contributed by atoms with Gasteiger partial charge in [0.1, 0.15) is 0 Å². The molecule has 22 heavy (non-hydrogen) atoms. The molecule has 6 heteroatoms. The summed E-state index contributed by atoms with van der Waals surface area (Å²) < 4.78 is 3.36. The molecule has 0 radical (unpaired) electrons. The number of nitrogen functional groups attached to an aromatic ring is 1. The standard InChI is InChI=1S/C16H21N5S/c1-4-5-13(21-9-8-18-10-21)14-12(20(2)3)7-6-11-15(14)22-16(17)19-11/h6-10,13H,4-5H2,1-3H3,(H2,17,19). The molecule has 2 aromatic heterocycles. The van der Waals surface area contributed by atoms with Gasteiger partial charge in [0.25, 0.3) is 0 Å². The van der Waals surface area contributed by atoms with Crippen LogP contribution >= 0.6 is 11.3 Å². The van der Waals surface area contributed by atoms with E-state index in [0.29, 0.717) is 5.13 Å². The summed E-state index contributed by atoms with van der Waals surface area (Å²) in [6.07, 6.45) is 7.90. The van der Waals surface area contributed by atoms with E-state index < -0.39 is 0 Å². The Labute approximate surface area is 134 Å². The van der Waals surface area contributed by atoms with Gasteiger partial charge in [0.2, 0.25) is 0 Å². The van der Waals surface area contributed by atoms with Gasteiger partial charge in [-0.25, -0.2) is 9.97 Å². The first-order chi connectivity index (χ1) is 10.6. The summed E-state index contributed by atoms with van der Waals surface area (Å²) in [5.41, 5.74) is 9.43. The number of hydrogen-bond donors (Lipinski definition) is 1. The van der Waals surface area contributed by atoms with Crippen LogP contribution in [0.5, 0.6) is 0 Å². The molecule has 3 rings (SSSR count). The fourth-order valence-corrected chi connectivity index (χ4v) is 3.82. The van der Waals surface area contributed by atoms with Crippen LogP contribution in [0.1, 0.15) is 31.4 Å². The van der Waals surface area contributed by atoms with Crippen LogP contribution in [0.15, 0.2) is 30.9 Å². The van der Waals surface area contributed by atoms with Crippen molar-refractivity contribution in [1.29, 1.82) is 0 Å². The summed E-state index contributed by atoms with van der Waals surface area (Å²) in [7, 11) is 4.15. The minimum absolute atomic E-state index is 0.244. The van der Waals surface area contributed by atoms with Crippen molar-refractivity contribution in [2.75, 3.05) is 24.7 Å². The molecule has 2 heterocycles. The van der Waals surface area contributed by atoms with Crippen molar-refractivity contribution in [2.45, 2.75) is 25.8 Å². The molecule has 1 unspecified atom stereocenters. The van der Waals surface area contributed by atoms with Gasteiger partial charge in [0.05, 0.1) is 22.6 Å². The van der Waals surface area contributed by atoms with Crippen LogP contribution < -0.4 is 10.6 Å². The zero-order valence-corrected chi connectivity index (χ0v) is 14.0. The van der Waals surface area contributed by atoms with Gasteiger partial charge in [-0.15, -0.1) is 0 Å². The number of rotatable bonds is 5. The van der Waals surface area contributed by atoms with Gasteiger partial charge in [-0.05, 0) is 18.6 Å². The Morgan fingerprint density at radius 3 is 2.82 bits per heavy atom. The van der Waals surface area contributed by atoms with Crippen molar-refractivity contribution in [3.63, 3.8) is 0 Å². The minimum Gasteiger partial charge on any atom is -0.377 e. The molecule has 0 spiro atoms. The first-order valence-corrected chi connectivity index (χ1v) is 8.27. The summed E-state index contributed by atoms with van der Waals surface area (Å²) in [4.78, 5) is 10.8. The highest BCUT2D eigenvalue weighted by Gasteiger charge is 2.22. The van der Waals surface area contributed by atoms with Crippen LogP contribution in [0.3, 0.4) is 0 Å². The maximum atomic E-state index is 5.95. The molecule has 2 N–H and O–H groups in total. The van der Waals surface area contributed by atoms with Crippen LogP contribution in [0, 0.1) is 0 Å². The van der Waals surface area contributed by atoms with Gasteiger partial charge in [-0.3, -0.25) is 0 Å². The number of fused-ring (bicyclic) bond motifs is 1. The average Bonchev–Trinajstić information content (AvgIpc) is 3.11. The molecule has 0 amide bonds. The summed E-state index contributed by atoms with van der Waals surface area (Å²) in [6, 6.07) is 4.43. The fraction of sp³-hybridized carbons (Fsp3) is 0.375. The molecule has 0 aliphatic heterocycles. The zero-order valence-electron chi connectivity index (χ0n) is 13.2. The fourth-order valence-electron chi connectivity index (χ4n) is 2.90. The lowest BCUT2D eigenvalue weighted by Crippen LogP contribution is -2.16. The second kappa shape index (κ2) is 5.96. The van der Waals surface area contributed by atoms with E-state index in [-0.39, 0.29) is 6.04 Å². The predicted octanol–water partition coefficient (Wildman–Crippen LogP) is 3.53. The monoisotopic (exact) mass is 315 g/mol. The summed E-state index contributed by atoms with van der Waals surface area (Å²) >= 11 is 1.57. The highest BCUT2D eigenvalue weighted by molar-refractivity contribution is 7.22. The number of thiazole rings is 1. The summed E-state index contributed by atoms with van der Waals surface area (Å²) in [5, 5.41) is 0.619. The number of imidazole rings is 1. The predicted molar refractivity (Wildman–Crippen MR) is 93.6 cm³/mol. The third-order valence-corrected chi connectivity index (χ3v) is 4.79. The van der Waals surface area contributed by atoms with E-state index in [9.17, 15) is 0 Å². The number of benzene rings is 1. The molecule has 0 fully saturated rings. The van der Waals surface area contributed by atoms with Crippen LogP contribution in [0.25, 0.3) is 10.2 Å². The molecule has 0 bridgehead atoms. The zero-order chi connectivity index (χ0) is 15.7. The molecular formula is C16H21N5S. The third kappa shape index (κ3) is 2.54. The molecule has 0 saturated heterocycles. The van der Waals surface area contributed by atoms with Crippen molar-refractivity contribution >= 4 is 32.4 Å². The lowest BCUT2D eigenvalue weighted by molar-refractivity contribution is 0.536. The lowest BCUT2D eigenvalue weighted by atomic mass is 9.99. The Balaban J connectivity index is 2.27. The highest BCUT2D eigenvalue weighted by atomic mass is 32.1. The van der Waals surface area contributed by atoms with E-state index in [2.05, 4.69) is 52.6 Å². The largest absolute Gasteiger partial charge is 0.377 e. The van der Waals surface area contributed by atoms with Gasteiger partial charge >= 0.3 is 0 Å². The number of aromatic nitrogens is 3. The van der Waals surface area contributed by atoms with E-state index in [1.165, 1.54) is 16.0 Å². The van der Waals surface area contributed by atoms with Gasteiger partial charge in [0, 0.05) is 37.7 Å². The van der Waals surface area contributed by atoms with Gasteiger partial charge in [-0.1, -0.05) is 24.7 Å². The maximum Gasteiger partial charge on any atom is 0.181 e.